The van der Waals surface area contributed by atoms with Gasteiger partial charge in [0.25, 0.3) is 0 Å². The predicted octanol–water partition coefficient (Wildman–Crippen LogP) is 3.43. The third kappa shape index (κ3) is 6.50. The number of hydrogen-bond donors (Lipinski definition) is 0. The average molecular weight is 318 g/mol. The van der Waals surface area contributed by atoms with Crippen LogP contribution in [0.3, 0.4) is 0 Å². The molecule has 0 atom stereocenters. The Morgan fingerprint density at radius 3 is 1.39 bits per heavy atom. The van der Waals surface area contributed by atoms with E-state index in [4.69, 9.17) is 0 Å². The van der Waals surface area contributed by atoms with Crippen molar-refractivity contribution < 1.29 is 0 Å². The van der Waals surface area contributed by atoms with E-state index < -0.39 is 0 Å². The summed E-state index contributed by atoms with van der Waals surface area (Å²) in [7, 11) is 0. The lowest BCUT2D eigenvalue weighted by Crippen LogP contribution is -1.99. The van der Waals surface area contributed by atoms with Gasteiger partial charge >= 0.3 is 0 Å². The van der Waals surface area contributed by atoms with Crippen LogP contribution in [0.25, 0.3) is 0 Å². The molecule has 0 N–H and O–H groups in total. The second kappa shape index (κ2) is 10.1. The van der Waals surface area contributed by atoms with Crippen molar-refractivity contribution in [3.63, 3.8) is 0 Å². The fraction of sp³-hybridized carbons (Fsp3) is 0.765. The van der Waals surface area contributed by atoms with E-state index in [-0.39, 0.29) is 0 Å². The molecule has 0 fully saturated rings. The quantitative estimate of drug-likeness (QED) is 0.563. The van der Waals surface area contributed by atoms with Crippen molar-refractivity contribution in [3.8, 4) is 0 Å². The SMILES string of the molecule is CCc1cn(CCCCCCCCCn2cc(CC)nn2)nn1. The molecule has 0 spiro atoms. The molecule has 2 aromatic rings. The minimum Gasteiger partial charge on any atom is -0.252 e. The van der Waals surface area contributed by atoms with Crippen molar-refractivity contribution in [2.75, 3.05) is 0 Å². The first-order valence-corrected chi connectivity index (χ1v) is 9.09. The summed E-state index contributed by atoms with van der Waals surface area (Å²) >= 11 is 0. The molecule has 0 aromatic carbocycles. The average Bonchev–Trinajstić information content (AvgIpc) is 3.22. The number of hydrogen-bond acceptors (Lipinski definition) is 4. The zero-order chi connectivity index (χ0) is 16.3. The fourth-order valence-electron chi connectivity index (χ4n) is 2.65. The van der Waals surface area contributed by atoms with Gasteiger partial charge in [-0.15, -0.1) is 10.2 Å². The molecule has 0 unspecified atom stereocenters. The van der Waals surface area contributed by atoms with E-state index in [0.717, 1.165) is 37.3 Å². The van der Waals surface area contributed by atoms with E-state index in [1.165, 1.54) is 44.9 Å². The van der Waals surface area contributed by atoms with E-state index in [1.807, 2.05) is 9.36 Å². The molecule has 0 radical (unpaired) electrons. The molecule has 0 aliphatic carbocycles. The zero-order valence-electron chi connectivity index (χ0n) is 14.6. The molecule has 6 nitrogen and oxygen atoms in total. The van der Waals surface area contributed by atoms with E-state index in [1.54, 1.807) is 0 Å². The topological polar surface area (TPSA) is 61.4 Å². The lowest BCUT2D eigenvalue weighted by Gasteiger charge is -2.03. The van der Waals surface area contributed by atoms with Gasteiger partial charge in [-0.1, -0.05) is 56.4 Å². The van der Waals surface area contributed by atoms with Gasteiger partial charge in [0, 0.05) is 25.5 Å². The standard InChI is InChI=1S/C17H30N6/c1-3-16-14-22(20-18-16)12-10-8-6-5-7-9-11-13-23-15-17(4-2)19-21-23/h14-15H,3-13H2,1-2H3. The van der Waals surface area contributed by atoms with E-state index in [0.29, 0.717) is 0 Å². The third-order valence-corrected chi connectivity index (χ3v) is 4.17. The molecule has 0 aliphatic heterocycles. The number of unbranched alkanes of at least 4 members (excludes halogenated alkanes) is 6. The largest absolute Gasteiger partial charge is 0.252 e. The zero-order valence-corrected chi connectivity index (χ0v) is 14.6. The first kappa shape index (κ1) is 17.6. The first-order chi connectivity index (χ1) is 11.3. The van der Waals surface area contributed by atoms with Gasteiger partial charge < -0.3 is 0 Å². The molecule has 6 heteroatoms. The van der Waals surface area contributed by atoms with Gasteiger partial charge in [0.1, 0.15) is 0 Å². The molecular formula is C17H30N6. The van der Waals surface area contributed by atoms with Crippen molar-refractivity contribution in [2.45, 2.75) is 84.7 Å². The highest BCUT2D eigenvalue weighted by Crippen LogP contribution is 2.09. The lowest BCUT2D eigenvalue weighted by molar-refractivity contribution is 0.494. The van der Waals surface area contributed by atoms with E-state index >= 15 is 0 Å². The lowest BCUT2D eigenvalue weighted by atomic mass is 10.1. The Balaban J connectivity index is 1.42. The monoisotopic (exact) mass is 318 g/mol. The van der Waals surface area contributed by atoms with Gasteiger partial charge in [-0.2, -0.15) is 0 Å². The van der Waals surface area contributed by atoms with Crippen molar-refractivity contribution in [3.05, 3.63) is 23.8 Å². The van der Waals surface area contributed by atoms with Gasteiger partial charge in [0.15, 0.2) is 0 Å². The van der Waals surface area contributed by atoms with Crippen molar-refractivity contribution in [2.24, 2.45) is 0 Å². The Kier molecular flexibility index (Phi) is 7.77. The highest BCUT2D eigenvalue weighted by molar-refractivity contribution is 4.91. The number of aromatic nitrogens is 6. The Hall–Kier alpha value is -1.72. The summed E-state index contributed by atoms with van der Waals surface area (Å²) in [6, 6.07) is 0. The summed E-state index contributed by atoms with van der Waals surface area (Å²) in [6.45, 7) is 6.22. The molecule has 0 amide bonds. The molecule has 0 saturated carbocycles. The third-order valence-electron chi connectivity index (χ3n) is 4.17. The molecule has 23 heavy (non-hydrogen) atoms. The minimum atomic E-state index is 0.967. The molecule has 2 aromatic heterocycles. The van der Waals surface area contributed by atoms with Crippen molar-refractivity contribution >= 4 is 0 Å². The van der Waals surface area contributed by atoms with Gasteiger partial charge in [0.05, 0.1) is 11.4 Å². The fourth-order valence-corrected chi connectivity index (χ4v) is 2.65. The van der Waals surface area contributed by atoms with Crippen LogP contribution in [-0.2, 0) is 25.9 Å². The molecule has 0 bridgehead atoms. The summed E-state index contributed by atoms with van der Waals surface area (Å²) in [5, 5.41) is 16.5. The Bertz CT molecular complexity index is 497. The normalized spacial score (nSPS) is 11.2. The number of nitrogens with zero attached hydrogens (tertiary/aromatic N) is 6. The molecule has 128 valence electrons. The van der Waals surface area contributed by atoms with Crippen LogP contribution in [0.4, 0.5) is 0 Å². The molecular weight excluding hydrogens is 288 g/mol. The molecule has 2 rings (SSSR count). The first-order valence-electron chi connectivity index (χ1n) is 9.09. The van der Waals surface area contributed by atoms with Crippen LogP contribution >= 0.6 is 0 Å². The summed E-state index contributed by atoms with van der Waals surface area (Å²) in [5.74, 6) is 0. The smallest absolute Gasteiger partial charge is 0.0824 e. The summed E-state index contributed by atoms with van der Waals surface area (Å²) in [4.78, 5) is 0. The van der Waals surface area contributed by atoms with Gasteiger partial charge in [-0.3, -0.25) is 9.36 Å². The van der Waals surface area contributed by atoms with Crippen LogP contribution in [0.5, 0.6) is 0 Å². The Morgan fingerprint density at radius 1 is 0.652 bits per heavy atom. The molecule has 2 heterocycles. The van der Waals surface area contributed by atoms with Crippen LogP contribution in [-0.4, -0.2) is 30.0 Å². The van der Waals surface area contributed by atoms with Gasteiger partial charge in [0.2, 0.25) is 0 Å². The van der Waals surface area contributed by atoms with Crippen LogP contribution in [0.2, 0.25) is 0 Å². The maximum Gasteiger partial charge on any atom is 0.0824 e. The van der Waals surface area contributed by atoms with E-state index in [2.05, 4.69) is 46.9 Å². The maximum absolute atomic E-state index is 4.14. The van der Waals surface area contributed by atoms with Crippen LogP contribution in [0, 0.1) is 0 Å². The summed E-state index contributed by atoms with van der Waals surface area (Å²) in [5.41, 5.74) is 2.17. The van der Waals surface area contributed by atoms with Crippen molar-refractivity contribution in [1.82, 2.24) is 30.0 Å². The summed E-state index contributed by atoms with van der Waals surface area (Å²) in [6.07, 6.45) is 15.0. The highest BCUT2D eigenvalue weighted by atomic mass is 15.4. The Morgan fingerprint density at radius 2 is 1.04 bits per heavy atom. The number of rotatable bonds is 12. The van der Waals surface area contributed by atoms with Gasteiger partial charge in [-0.05, 0) is 25.7 Å². The summed E-state index contributed by atoms with van der Waals surface area (Å²) < 4.78 is 3.95. The van der Waals surface area contributed by atoms with Crippen molar-refractivity contribution in [1.29, 1.82) is 0 Å². The van der Waals surface area contributed by atoms with Crippen LogP contribution in [0.15, 0.2) is 12.4 Å². The van der Waals surface area contributed by atoms with Crippen LogP contribution in [0.1, 0.15) is 70.2 Å². The maximum atomic E-state index is 4.14. The highest BCUT2D eigenvalue weighted by Gasteiger charge is 1.99. The predicted molar refractivity (Wildman–Crippen MR) is 91.1 cm³/mol. The molecule has 0 saturated heterocycles. The molecule has 0 aliphatic rings. The number of aryl methyl sites for hydroxylation is 4. The Labute approximate surface area is 139 Å². The second-order valence-electron chi connectivity index (χ2n) is 6.13. The second-order valence-corrected chi connectivity index (χ2v) is 6.13. The van der Waals surface area contributed by atoms with Gasteiger partial charge in [-0.25, -0.2) is 0 Å². The minimum absolute atomic E-state index is 0.967. The van der Waals surface area contributed by atoms with Crippen LogP contribution < -0.4 is 0 Å². The van der Waals surface area contributed by atoms with E-state index in [9.17, 15) is 0 Å².